The van der Waals surface area contributed by atoms with E-state index in [1.807, 2.05) is 0 Å². The van der Waals surface area contributed by atoms with Crippen LogP contribution in [0.2, 0.25) is 10.0 Å². The zero-order chi connectivity index (χ0) is 26.2. The molecule has 2 aromatic rings. The molecule has 0 spiro atoms. The minimum atomic E-state index is -1.22. The fraction of sp³-hybridized carbons (Fsp3) is 0.333. The fourth-order valence-electron chi connectivity index (χ4n) is 3.57. The largest absolute Gasteiger partial charge is 0.489 e. The third-order valence-electron chi connectivity index (χ3n) is 5.49. The summed E-state index contributed by atoms with van der Waals surface area (Å²) < 4.78 is 5.73. The van der Waals surface area contributed by atoms with Crippen molar-refractivity contribution in [2.75, 3.05) is 12.3 Å². The number of halogens is 2. The molecule has 1 aliphatic heterocycles. The van der Waals surface area contributed by atoms with Gasteiger partial charge in [0.1, 0.15) is 24.4 Å². The van der Waals surface area contributed by atoms with Gasteiger partial charge in [0, 0.05) is 40.7 Å². The number of hydrogen-bond donors (Lipinski definition) is 3. The molecular weight excluding hydrogens is 531 g/mol. The van der Waals surface area contributed by atoms with Crippen LogP contribution >= 0.6 is 35.0 Å². The summed E-state index contributed by atoms with van der Waals surface area (Å²) in [5.41, 5.74) is 1.31. The molecule has 1 aliphatic rings. The number of rotatable bonds is 12. The summed E-state index contributed by atoms with van der Waals surface area (Å²) in [5.74, 6) is -2.10. The number of hydrogen-bond acceptors (Lipinski definition) is 6. The Labute approximate surface area is 221 Å². The van der Waals surface area contributed by atoms with E-state index < -0.39 is 29.9 Å². The molecule has 9 nitrogen and oxygen atoms in total. The summed E-state index contributed by atoms with van der Waals surface area (Å²) in [6.07, 6.45) is 0.0844. The van der Waals surface area contributed by atoms with E-state index in [-0.39, 0.29) is 43.4 Å². The molecule has 3 N–H and O–H groups in total. The van der Waals surface area contributed by atoms with Crippen LogP contribution in [0.3, 0.4) is 0 Å². The summed E-state index contributed by atoms with van der Waals surface area (Å²) in [7, 11) is 0. The van der Waals surface area contributed by atoms with Gasteiger partial charge in [0.15, 0.2) is 0 Å². The van der Waals surface area contributed by atoms with Crippen LogP contribution < -0.4 is 10.1 Å². The second-order valence-electron chi connectivity index (χ2n) is 8.02. The minimum absolute atomic E-state index is 0.0184. The quantitative estimate of drug-likeness (QED) is 0.357. The molecule has 0 radical (unpaired) electrons. The van der Waals surface area contributed by atoms with Gasteiger partial charge in [-0.1, -0.05) is 53.2 Å². The van der Waals surface area contributed by atoms with Crippen molar-refractivity contribution in [2.24, 2.45) is 0 Å². The van der Waals surface area contributed by atoms with Crippen molar-refractivity contribution in [1.29, 1.82) is 0 Å². The molecule has 12 heteroatoms. The van der Waals surface area contributed by atoms with Gasteiger partial charge in [0.05, 0.1) is 0 Å². The first-order valence-corrected chi connectivity index (χ1v) is 12.7. The summed E-state index contributed by atoms with van der Waals surface area (Å²) >= 11 is 13.2. The molecule has 1 heterocycles. The number of ether oxygens (including phenoxy) is 1. The number of thioether (sulfide) groups is 1. The number of nitrogens with zero attached hydrogens (tertiary/aromatic N) is 1. The van der Waals surface area contributed by atoms with Crippen LogP contribution in [-0.4, -0.2) is 62.6 Å². The molecular formula is C24H24Cl2N2O7S. The van der Waals surface area contributed by atoms with Crippen molar-refractivity contribution < 1.29 is 34.1 Å². The molecule has 192 valence electrons. The highest BCUT2D eigenvalue weighted by atomic mass is 35.5. The highest BCUT2D eigenvalue weighted by Gasteiger charge is 2.38. The molecule has 2 aromatic carbocycles. The van der Waals surface area contributed by atoms with Gasteiger partial charge in [-0.15, -0.1) is 0 Å². The zero-order valence-corrected chi connectivity index (χ0v) is 21.3. The highest BCUT2D eigenvalue weighted by molar-refractivity contribution is 8.13. The van der Waals surface area contributed by atoms with Crippen molar-refractivity contribution in [2.45, 2.75) is 38.0 Å². The number of carboxylic acids is 2. The summed E-state index contributed by atoms with van der Waals surface area (Å²) in [5, 5.41) is 21.6. The van der Waals surface area contributed by atoms with Crippen LogP contribution in [0.4, 0.5) is 4.79 Å². The van der Waals surface area contributed by atoms with Crippen LogP contribution in [0.1, 0.15) is 24.0 Å². The van der Waals surface area contributed by atoms with Gasteiger partial charge in [0.25, 0.3) is 5.24 Å². The van der Waals surface area contributed by atoms with E-state index in [1.54, 1.807) is 42.5 Å². The highest BCUT2D eigenvalue weighted by Crippen LogP contribution is 2.27. The van der Waals surface area contributed by atoms with Crippen LogP contribution in [0, 0.1) is 0 Å². The predicted molar refractivity (Wildman–Crippen MR) is 136 cm³/mol. The van der Waals surface area contributed by atoms with Gasteiger partial charge >= 0.3 is 11.9 Å². The van der Waals surface area contributed by atoms with E-state index in [0.29, 0.717) is 26.9 Å². The summed E-state index contributed by atoms with van der Waals surface area (Å²) in [6, 6.07) is 9.83. The van der Waals surface area contributed by atoms with Crippen molar-refractivity contribution in [3.8, 4) is 5.75 Å². The molecule has 36 heavy (non-hydrogen) atoms. The van der Waals surface area contributed by atoms with Gasteiger partial charge in [-0.3, -0.25) is 14.4 Å². The molecule has 0 aromatic heterocycles. The van der Waals surface area contributed by atoms with Gasteiger partial charge in [-0.25, -0.2) is 4.79 Å². The molecule has 0 saturated carbocycles. The molecule has 1 saturated heterocycles. The third-order valence-corrected chi connectivity index (χ3v) is 7.16. The molecule has 0 unspecified atom stereocenters. The van der Waals surface area contributed by atoms with Crippen LogP contribution in [0.15, 0.2) is 42.5 Å². The number of nitrogens with one attached hydrogen (secondary N) is 1. The maximum atomic E-state index is 12.8. The van der Waals surface area contributed by atoms with Gasteiger partial charge in [-0.2, -0.15) is 0 Å². The first kappa shape index (κ1) is 27.6. The second kappa shape index (κ2) is 12.8. The molecule has 1 fully saturated rings. The SMILES string of the molecule is O=C(O)CCCN1C(=O)SC[C@H]1C(=O)N[C@@H](Cc1ccc(OCc2c(Cl)cccc2Cl)cc1)C(=O)O. The lowest BCUT2D eigenvalue weighted by Gasteiger charge is -2.24. The Kier molecular flexibility index (Phi) is 9.86. The van der Waals surface area contributed by atoms with Crippen molar-refractivity contribution >= 4 is 58.0 Å². The standard InChI is InChI=1S/C24H24Cl2N2O7S/c25-17-3-1-4-18(26)16(17)12-35-15-8-6-14(7-9-15)11-19(23(32)33)27-22(31)20-13-36-24(34)28(20)10-2-5-21(29)30/h1,3-4,6-9,19-20H,2,5,10-13H2,(H,27,31)(H,29,30)(H,32,33)/t19-,20-/m0/s1. The van der Waals surface area contributed by atoms with E-state index >= 15 is 0 Å². The topological polar surface area (TPSA) is 133 Å². The van der Waals surface area contributed by atoms with Gasteiger partial charge in [0.2, 0.25) is 5.91 Å². The predicted octanol–water partition coefficient (Wildman–Crippen LogP) is 4.09. The van der Waals surface area contributed by atoms with Gasteiger partial charge < -0.3 is 25.2 Å². The lowest BCUT2D eigenvalue weighted by Crippen LogP contribution is -2.51. The molecule has 3 rings (SSSR count). The van der Waals surface area contributed by atoms with Crippen molar-refractivity contribution in [1.82, 2.24) is 10.2 Å². The fourth-order valence-corrected chi connectivity index (χ4v) is 5.09. The number of carboxylic acid groups (broad SMARTS) is 2. The minimum Gasteiger partial charge on any atom is -0.489 e. The maximum absolute atomic E-state index is 12.8. The smallest absolute Gasteiger partial charge is 0.326 e. The Balaban J connectivity index is 1.58. The summed E-state index contributed by atoms with van der Waals surface area (Å²) in [6.45, 7) is 0.265. The first-order chi connectivity index (χ1) is 17.2. The second-order valence-corrected chi connectivity index (χ2v) is 9.81. The van der Waals surface area contributed by atoms with Crippen LogP contribution in [0.5, 0.6) is 5.75 Å². The van der Waals surface area contributed by atoms with Gasteiger partial charge in [-0.05, 0) is 36.2 Å². The average molecular weight is 555 g/mol. The van der Waals surface area contributed by atoms with E-state index in [1.165, 1.54) is 4.90 Å². The summed E-state index contributed by atoms with van der Waals surface area (Å²) in [4.78, 5) is 48.8. The molecule has 2 amide bonds. The monoisotopic (exact) mass is 554 g/mol. The lowest BCUT2D eigenvalue weighted by atomic mass is 10.1. The number of aliphatic carboxylic acids is 2. The first-order valence-electron chi connectivity index (χ1n) is 11.0. The lowest BCUT2D eigenvalue weighted by molar-refractivity contribution is -0.142. The van der Waals surface area contributed by atoms with Crippen LogP contribution in [0.25, 0.3) is 0 Å². The normalized spacial score (nSPS) is 16.0. The number of amides is 2. The van der Waals surface area contributed by atoms with E-state index in [4.69, 9.17) is 33.0 Å². The Bertz CT molecular complexity index is 1110. The van der Waals surface area contributed by atoms with E-state index in [9.17, 15) is 24.3 Å². The Morgan fingerprint density at radius 3 is 2.39 bits per heavy atom. The Morgan fingerprint density at radius 1 is 1.11 bits per heavy atom. The Hall–Kier alpha value is -2.95. The molecule has 0 bridgehead atoms. The van der Waals surface area contributed by atoms with Crippen LogP contribution in [-0.2, 0) is 27.4 Å². The van der Waals surface area contributed by atoms with E-state index in [0.717, 1.165) is 11.8 Å². The van der Waals surface area contributed by atoms with Crippen molar-refractivity contribution in [3.63, 3.8) is 0 Å². The maximum Gasteiger partial charge on any atom is 0.326 e. The molecule has 2 atom stereocenters. The Morgan fingerprint density at radius 2 is 1.78 bits per heavy atom. The zero-order valence-electron chi connectivity index (χ0n) is 19.0. The number of carbonyl (C=O) groups excluding carboxylic acids is 2. The molecule has 0 aliphatic carbocycles. The van der Waals surface area contributed by atoms with E-state index in [2.05, 4.69) is 5.32 Å². The average Bonchev–Trinajstić information content (AvgIpc) is 3.19. The van der Waals surface area contributed by atoms with Crippen molar-refractivity contribution in [3.05, 3.63) is 63.6 Å². The third kappa shape index (κ3) is 7.52. The number of benzene rings is 2. The number of carbonyl (C=O) groups is 4.